The van der Waals surface area contributed by atoms with E-state index in [0.29, 0.717) is 6.07 Å². The Hall–Kier alpha value is -2.67. The van der Waals surface area contributed by atoms with Gasteiger partial charge >= 0.3 is 0 Å². The quantitative estimate of drug-likeness (QED) is 0.634. The van der Waals surface area contributed by atoms with Crippen molar-refractivity contribution in [3.63, 3.8) is 0 Å². The Labute approximate surface area is 186 Å². The summed E-state index contributed by atoms with van der Waals surface area (Å²) in [4.78, 5) is 26.2. The van der Waals surface area contributed by atoms with Crippen molar-refractivity contribution < 1.29 is 31.2 Å². The van der Waals surface area contributed by atoms with Gasteiger partial charge in [0.1, 0.15) is 17.5 Å². The van der Waals surface area contributed by atoms with Crippen molar-refractivity contribution >= 4 is 33.4 Å². The van der Waals surface area contributed by atoms with Crippen LogP contribution in [0.1, 0.15) is 10.4 Å². The van der Waals surface area contributed by atoms with Crippen molar-refractivity contribution in [1.29, 1.82) is 0 Å². The van der Waals surface area contributed by atoms with Crippen LogP contribution in [0.4, 0.5) is 13.2 Å². The largest absolute Gasteiger partial charge is 0.352 e. The Kier molecular flexibility index (Phi) is 7.08. The summed E-state index contributed by atoms with van der Waals surface area (Å²) in [5.74, 6) is -4.68. The highest BCUT2D eigenvalue weighted by atomic mass is 35.5. The minimum atomic E-state index is -4.41. The van der Waals surface area contributed by atoms with Crippen molar-refractivity contribution in [2.75, 3.05) is 26.2 Å². The molecule has 2 aromatic rings. The summed E-state index contributed by atoms with van der Waals surface area (Å²) in [6.07, 6.45) is -1.67. The summed E-state index contributed by atoms with van der Waals surface area (Å²) in [6.45, 7) is -0.516. The van der Waals surface area contributed by atoms with Crippen molar-refractivity contribution in [2.45, 2.75) is 11.1 Å². The molecule has 1 fully saturated rings. The molecule has 13 heteroatoms. The minimum absolute atomic E-state index is 0.0117. The molecule has 1 unspecified atom stereocenters. The summed E-state index contributed by atoms with van der Waals surface area (Å²) in [5.41, 5.74) is 4.98. The van der Waals surface area contributed by atoms with Gasteiger partial charge in [0, 0.05) is 37.8 Å². The molecule has 0 radical (unpaired) electrons. The van der Waals surface area contributed by atoms with Gasteiger partial charge in [-0.3, -0.25) is 9.59 Å². The van der Waals surface area contributed by atoms with E-state index in [9.17, 15) is 31.2 Å². The van der Waals surface area contributed by atoms with Gasteiger partial charge in [0.25, 0.3) is 11.8 Å². The molecule has 8 nitrogen and oxygen atoms in total. The number of benzene rings is 2. The molecule has 2 amide bonds. The van der Waals surface area contributed by atoms with E-state index in [4.69, 9.17) is 17.3 Å². The second kappa shape index (κ2) is 9.45. The lowest BCUT2D eigenvalue weighted by molar-refractivity contribution is -0.127. The minimum Gasteiger partial charge on any atom is -0.352 e. The molecule has 1 heterocycles. The van der Waals surface area contributed by atoms with Crippen LogP contribution in [0.15, 0.2) is 41.3 Å². The van der Waals surface area contributed by atoms with Crippen LogP contribution in [0.3, 0.4) is 0 Å². The lowest BCUT2D eigenvalue weighted by Gasteiger charge is -2.28. The summed E-state index contributed by atoms with van der Waals surface area (Å²) < 4.78 is 67.8. The fourth-order valence-corrected chi connectivity index (χ4v) is 5.06. The SMILES string of the molecule is NCCNC(=O)C1N(C(=O)c2cc(F)cc(F)c2)CCN1S(=O)(=O)c1ccc(F)c(Cl)c1. The number of sulfonamides is 1. The molecule has 3 rings (SSSR count). The van der Waals surface area contributed by atoms with Gasteiger partial charge in [-0.05, 0) is 30.3 Å². The van der Waals surface area contributed by atoms with E-state index in [1.54, 1.807) is 0 Å². The molecule has 3 N–H and O–H groups in total. The van der Waals surface area contributed by atoms with Gasteiger partial charge in [-0.25, -0.2) is 21.6 Å². The van der Waals surface area contributed by atoms with Gasteiger partial charge in [-0.2, -0.15) is 4.31 Å². The van der Waals surface area contributed by atoms with Crippen LogP contribution >= 0.6 is 11.6 Å². The smallest absolute Gasteiger partial charge is 0.259 e. The Bertz CT molecular complexity index is 1150. The first kappa shape index (κ1) is 24.0. The zero-order chi connectivity index (χ0) is 23.6. The average molecular weight is 491 g/mol. The number of nitrogens with one attached hydrogen (secondary N) is 1. The van der Waals surface area contributed by atoms with Gasteiger partial charge in [-0.1, -0.05) is 11.6 Å². The first-order chi connectivity index (χ1) is 15.1. The van der Waals surface area contributed by atoms with E-state index in [-0.39, 0.29) is 26.2 Å². The van der Waals surface area contributed by atoms with Gasteiger partial charge in [0.2, 0.25) is 10.0 Å². The van der Waals surface area contributed by atoms with Crippen LogP contribution in [-0.2, 0) is 14.8 Å². The Morgan fingerprint density at radius 3 is 2.34 bits per heavy atom. The normalized spacial score (nSPS) is 16.9. The van der Waals surface area contributed by atoms with Crippen LogP contribution in [0, 0.1) is 17.5 Å². The molecule has 172 valence electrons. The molecule has 0 aliphatic carbocycles. The molecular weight excluding hydrogens is 473 g/mol. The lowest BCUT2D eigenvalue weighted by atomic mass is 10.2. The second-order valence-electron chi connectivity index (χ2n) is 6.80. The average Bonchev–Trinajstić information content (AvgIpc) is 3.18. The number of carbonyl (C=O) groups is 2. The Morgan fingerprint density at radius 2 is 1.75 bits per heavy atom. The van der Waals surface area contributed by atoms with Crippen LogP contribution in [0.2, 0.25) is 5.02 Å². The highest BCUT2D eigenvalue weighted by Crippen LogP contribution is 2.28. The van der Waals surface area contributed by atoms with Gasteiger partial charge in [0.15, 0.2) is 6.17 Å². The fourth-order valence-electron chi connectivity index (χ4n) is 3.25. The molecule has 0 bridgehead atoms. The predicted octanol–water partition coefficient (Wildman–Crippen LogP) is 1.31. The van der Waals surface area contributed by atoms with Gasteiger partial charge in [-0.15, -0.1) is 0 Å². The van der Waals surface area contributed by atoms with E-state index in [2.05, 4.69) is 5.32 Å². The summed E-state index contributed by atoms with van der Waals surface area (Å²) >= 11 is 5.70. The highest BCUT2D eigenvalue weighted by molar-refractivity contribution is 7.89. The van der Waals surface area contributed by atoms with Crippen LogP contribution in [0.5, 0.6) is 0 Å². The monoisotopic (exact) mass is 490 g/mol. The number of carbonyl (C=O) groups excluding carboxylic acids is 2. The maximum absolute atomic E-state index is 13.6. The zero-order valence-electron chi connectivity index (χ0n) is 16.4. The number of hydrogen-bond acceptors (Lipinski definition) is 5. The van der Waals surface area contributed by atoms with Crippen molar-refractivity contribution in [3.8, 4) is 0 Å². The number of amides is 2. The highest BCUT2D eigenvalue weighted by Gasteiger charge is 2.46. The fraction of sp³-hybridized carbons (Fsp3) is 0.263. The van der Waals surface area contributed by atoms with Crippen LogP contribution < -0.4 is 11.1 Å². The van der Waals surface area contributed by atoms with Crippen molar-refractivity contribution in [1.82, 2.24) is 14.5 Å². The van der Waals surface area contributed by atoms with E-state index >= 15 is 0 Å². The standard InChI is InChI=1S/C19H18ClF3N4O4S/c20-15-10-14(1-2-16(15)23)32(30,31)27-6-5-26(18(27)17(28)25-4-3-24)19(29)11-7-12(21)9-13(22)8-11/h1-2,7-10,18H,3-6,24H2,(H,25,28). The van der Waals surface area contributed by atoms with E-state index in [1.165, 1.54) is 0 Å². The number of nitrogens with zero attached hydrogens (tertiary/aromatic N) is 2. The molecular formula is C19H18ClF3N4O4S. The maximum Gasteiger partial charge on any atom is 0.259 e. The first-order valence-corrected chi connectivity index (χ1v) is 11.1. The van der Waals surface area contributed by atoms with Gasteiger partial charge < -0.3 is 16.0 Å². The molecule has 1 saturated heterocycles. The number of halogens is 4. The molecule has 2 aromatic carbocycles. The Morgan fingerprint density at radius 1 is 1.09 bits per heavy atom. The number of hydrogen-bond donors (Lipinski definition) is 2. The van der Waals surface area contributed by atoms with Crippen molar-refractivity contribution in [2.24, 2.45) is 5.73 Å². The Balaban J connectivity index is 2.02. The predicted molar refractivity (Wildman–Crippen MR) is 109 cm³/mol. The molecule has 0 aromatic heterocycles. The molecule has 0 spiro atoms. The third kappa shape index (κ3) is 4.72. The van der Waals surface area contributed by atoms with E-state index in [0.717, 1.165) is 39.5 Å². The topological polar surface area (TPSA) is 113 Å². The molecule has 1 aliphatic heterocycles. The van der Waals surface area contributed by atoms with Crippen LogP contribution in [-0.4, -0.2) is 61.8 Å². The molecule has 0 saturated carbocycles. The lowest BCUT2D eigenvalue weighted by Crippen LogP contribution is -2.54. The van der Waals surface area contributed by atoms with Crippen LogP contribution in [0.25, 0.3) is 0 Å². The zero-order valence-corrected chi connectivity index (χ0v) is 18.0. The molecule has 1 aliphatic rings. The maximum atomic E-state index is 13.6. The third-order valence-corrected chi connectivity index (χ3v) is 6.81. The molecule has 32 heavy (non-hydrogen) atoms. The second-order valence-corrected chi connectivity index (χ2v) is 9.10. The van der Waals surface area contributed by atoms with Gasteiger partial charge in [0.05, 0.1) is 9.92 Å². The summed E-state index contributed by atoms with van der Waals surface area (Å²) in [7, 11) is -4.41. The summed E-state index contributed by atoms with van der Waals surface area (Å²) in [5, 5.41) is 1.96. The number of nitrogens with two attached hydrogens (primary N) is 1. The molecule has 1 atom stereocenters. The summed E-state index contributed by atoms with van der Waals surface area (Å²) in [6, 6.07) is 4.83. The third-order valence-electron chi connectivity index (χ3n) is 4.68. The number of rotatable bonds is 6. The first-order valence-electron chi connectivity index (χ1n) is 9.28. The van der Waals surface area contributed by atoms with E-state index in [1.807, 2.05) is 0 Å². The van der Waals surface area contributed by atoms with Crippen molar-refractivity contribution in [3.05, 3.63) is 64.4 Å². The van der Waals surface area contributed by atoms with E-state index < -0.39 is 60.9 Å².